The van der Waals surface area contributed by atoms with Gasteiger partial charge < -0.3 is 4.74 Å². The minimum atomic E-state index is -0.0365. The van der Waals surface area contributed by atoms with Crippen molar-refractivity contribution in [3.8, 4) is 0 Å². The molecule has 0 N–H and O–H groups in total. The summed E-state index contributed by atoms with van der Waals surface area (Å²) in [6.45, 7) is 6.54. The molecule has 0 saturated carbocycles. The van der Waals surface area contributed by atoms with E-state index in [0.717, 1.165) is 19.5 Å². The van der Waals surface area contributed by atoms with Crippen LogP contribution in [0.3, 0.4) is 0 Å². The van der Waals surface area contributed by atoms with E-state index in [0.29, 0.717) is 6.61 Å². The Bertz CT molecular complexity index is 198. The molecular formula is C13H25NO2. The number of hydrogen-bond donors (Lipinski definition) is 0. The van der Waals surface area contributed by atoms with E-state index >= 15 is 0 Å². The number of esters is 1. The van der Waals surface area contributed by atoms with Gasteiger partial charge in [0.25, 0.3) is 0 Å². The van der Waals surface area contributed by atoms with Crippen LogP contribution in [-0.2, 0) is 9.53 Å². The predicted octanol–water partition coefficient (Wildman–Crippen LogP) is 2.59. The Morgan fingerprint density at radius 3 is 2.19 bits per heavy atom. The number of carbonyl (C=O) groups excluding carboxylic acids is 1. The van der Waals surface area contributed by atoms with E-state index in [-0.39, 0.29) is 12.0 Å². The fourth-order valence-electron chi connectivity index (χ4n) is 2.40. The van der Waals surface area contributed by atoms with Crippen LogP contribution in [0.2, 0.25) is 0 Å². The lowest BCUT2D eigenvalue weighted by Gasteiger charge is -2.30. The van der Waals surface area contributed by atoms with E-state index in [1.165, 1.54) is 32.1 Å². The van der Waals surface area contributed by atoms with Gasteiger partial charge in [-0.1, -0.05) is 26.2 Å². The lowest BCUT2D eigenvalue weighted by molar-refractivity contribution is -0.149. The molecule has 0 amide bonds. The highest BCUT2D eigenvalue weighted by atomic mass is 16.5. The van der Waals surface area contributed by atoms with Gasteiger partial charge in [-0.2, -0.15) is 0 Å². The number of ether oxygens (including phenoxy) is 1. The van der Waals surface area contributed by atoms with Gasteiger partial charge in [0, 0.05) is 0 Å². The number of likely N-dealkylation sites (tertiary alicyclic amines) is 1. The number of rotatable bonds is 4. The van der Waals surface area contributed by atoms with Gasteiger partial charge in [-0.05, 0) is 39.3 Å². The summed E-state index contributed by atoms with van der Waals surface area (Å²) in [5, 5.41) is 0. The zero-order valence-electron chi connectivity index (χ0n) is 10.7. The van der Waals surface area contributed by atoms with Crippen molar-refractivity contribution in [1.82, 2.24) is 4.90 Å². The van der Waals surface area contributed by atoms with E-state index in [1.807, 2.05) is 6.92 Å². The highest BCUT2D eigenvalue weighted by Crippen LogP contribution is 2.15. The van der Waals surface area contributed by atoms with Crippen LogP contribution >= 0.6 is 0 Å². The molecule has 0 radical (unpaired) electrons. The summed E-state index contributed by atoms with van der Waals surface area (Å²) in [5.41, 5.74) is 0. The molecule has 3 nitrogen and oxygen atoms in total. The van der Waals surface area contributed by atoms with E-state index in [4.69, 9.17) is 4.74 Å². The molecule has 0 aromatic rings. The zero-order chi connectivity index (χ0) is 11.8. The first-order chi connectivity index (χ1) is 7.79. The van der Waals surface area contributed by atoms with Gasteiger partial charge in [0.1, 0.15) is 6.04 Å². The lowest BCUT2D eigenvalue weighted by atomic mass is 10.1. The smallest absolute Gasteiger partial charge is 0.323 e. The summed E-state index contributed by atoms with van der Waals surface area (Å²) < 4.78 is 5.14. The van der Waals surface area contributed by atoms with Gasteiger partial charge in [0.15, 0.2) is 0 Å². The molecule has 1 atom stereocenters. The first kappa shape index (κ1) is 13.5. The molecule has 0 aromatic heterocycles. The first-order valence-electron chi connectivity index (χ1n) is 6.70. The molecular weight excluding hydrogens is 202 g/mol. The Morgan fingerprint density at radius 1 is 1.12 bits per heavy atom. The number of carbonyl (C=O) groups is 1. The molecule has 1 aliphatic heterocycles. The molecule has 0 bridgehead atoms. The molecule has 1 saturated heterocycles. The highest BCUT2D eigenvalue weighted by molar-refractivity contribution is 5.75. The van der Waals surface area contributed by atoms with Crippen LogP contribution < -0.4 is 0 Å². The van der Waals surface area contributed by atoms with E-state index in [1.54, 1.807) is 0 Å². The zero-order valence-corrected chi connectivity index (χ0v) is 10.7. The molecule has 94 valence electrons. The molecule has 1 unspecified atom stereocenters. The van der Waals surface area contributed by atoms with Gasteiger partial charge in [-0.15, -0.1) is 0 Å². The second-order valence-corrected chi connectivity index (χ2v) is 4.48. The average molecular weight is 227 g/mol. The van der Waals surface area contributed by atoms with Crippen LogP contribution in [0.25, 0.3) is 0 Å². The van der Waals surface area contributed by atoms with Crippen LogP contribution in [0.4, 0.5) is 0 Å². The number of hydrogen-bond acceptors (Lipinski definition) is 3. The van der Waals surface area contributed by atoms with Crippen LogP contribution in [-0.4, -0.2) is 36.6 Å². The quantitative estimate of drug-likeness (QED) is 0.691. The predicted molar refractivity (Wildman–Crippen MR) is 65.4 cm³/mol. The Morgan fingerprint density at radius 2 is 1.69 bits per heavy atom. The maximum atomic E-state index is 11.8. The molecule has 1 heterocycles. The topological polar surface area (TPSA) is 29.5 Å². The second kappa shape index (κ2) is 7.66. The third-order valence-corrected chi connectivity index (χ3v) is 3.28. The van der Waals surface area contributed by atoms with Crippen molar-refractivity contribution in [3.05, 3.63) is 0 Å². The van der Waals surface area contributed by atoms with Gasteiger partial charge >= 0.3 is 5.97 Å². The third kappa shape index (κ3) is 4.12. The van der Waals surface area contributed by atoms with Crippen molar-refractivity contribution in [3.63, 3.8) is 0 Å². The van der Waals surface area contributed by atoms with Crippen molar-refractivity contribution < 1.29 is 9.53 Å². The summed E-state index contributed by atoms with van der Waals surface area (Å²) in [4.78, 5) is 14.1. The van der Waals surface area contributed by atoms with Gasteiger partial charge in [0.05, 0.1) is 6.61 Å². The van der Waals surface area contributed by atoms with Crippen molar-refractivity contribution in [2.45, 2.75) is 58.4 Å². The normalized spacial score (nSPS) is 20.9. The molecule has 0 spiro atoms. The third-order valence-electron chi connectivity index (χ3n) is 3.28. The molecule has 1 fully saturated rings. The summed E-state index contributed by atoms with van der Waals surface area (Å²) in [6, 6.07) is -0.0157. The van der Waals surface area contributed by atoms with Crippen molar-refractivity contribution in [2.75, 3.05) is 19.7 Å². The number of nitrogens with zero attached hydrogens (tertiary/aromatic N) is 1. The van der Waals surface area contributed by atoms with Gasteiger partial charge in [0.2, 0.25) is 0 Å². The average Bonchev–Trinajstić information content (AvgIpc) is 2.22. The fourth-order valence-corrected chi connectivity index (χ4v) is 2.40. The van der Waals surface area contributed by atoms with Gasteiger partial charge in [-0.25, -0.2) is 0 Å². The van der Waals surface area contributed by atoms with Crippen LogP contribution in [0.1, 0.15) is 52.4 Å². The SMILES string of the molecule is CCOC(=O)C(CC)N1CCCCCCC1. The Labute approximate surface area is 99.1 Å². The van der Waals surface area contributed by atoms with Crippen LogP contribution in [0.15, 0.2) is 0 Å². The molecule has 1 aliphatic rings. The lowest BCUT2D eigenvalue weighted by Crippen LogP contribution is -2.43. The van der Waals surface area contributed by atoms with Crippen LogP contribution in [0.5, 0.6) is 0 Å². The minimum Gasteiger partial charge on any atom is -0.465 e. The van der Waals surface area contributed by atoms with Crippen molar-refractivity contribution in [1.29, 1.82) is 0 Å². The molecule has 16 heavy (non-hydrogen) atoms. The standard InChI is InChI=1S/C13H25NO2/c1-3-12(13(15)16-4-2)14-10-8-6-5-7-9-11-14/h12H,3-11H2,1-2H3. The highest BCUT2D eigenvalue weighted by Gasteiger charge is 2.25. The van der Waals surface area contributed by atoms with Crippen molar-refractivity contribution in [2.24, 2.45) is 0 Å². The first-order valence-corrected chi connectivity index (χ1v) is 6.70. The largest absolute Gasteiger partial charge is 0.465 e. The van der Waals surface area contributed by atoms with Crippen molar-refractivity contribution >= 4 is 5.97 Å². The maximum Gasteiger partial charge on any atom is 0.323 e. The summed E-state index contributed by atoms with van der Waals surface area (Å²) in [5.74, 6) is -0.0365. The minimum absolute atomic E-state index is 0.0157. The molecule has 3 heteroatoms. The Balaban J connectivity index is 2.51. The second-order valence-electron chi connectivity index (χ2n) is 4.48. The Kier molecular flexibility index (Phi) is 6.46. The van der Waals surface area contributed by atoms with Crippen LogP contribution in [0, 0.1) is 0 Å². The summed E-state index contributed by atoms with van der Waals surface area (Å²) in [6.07, 6.45) is 7.25. The summed E-state index contributed by atoms with van der Waals surface area (Å²) >= 11 is 0. The van der Waals surface area contributed by atoms with E-state index < -0.39 is 0 Å². The fraction of sp³-hybridized carbons (Fsp3) is 0.923. The van der Waals surface area contributed by atoms with E-state index in [9.17, 15) is 4.79 Å². The maximum absolute atomic E-state index is 11.8. The Hall–Kier alpha value is -0.570. The molecule has 1 rings (SSSR count). The monoisotopic (exact) mass is 227 g/mol. The molecule has 0 aliphatic carbocycles. The van der Waals surface area contributed by atoms with Gasteiger partial charge in [-0.3, -0.25) is 9.69 Å². The van der Waals surface area contributed by atoms with E-state index in [2.05, 4.69) is 11.8 Å². The molecule has 0 aromatic carbocycles. The summed E-state index contributed by atoms with van der Waals surface area (Å²) in [7, 11) is 0.